The number of hydrogen-bond donors (Lipinski definition) is 0. The summed E-state index contributed by atoms with van der Waals surface area (Å²) in [5.41, 5.74) is 2.12. The number of unbranched alkanes of at least 4 members (excludes halogenated alkanes) is 1. The van der Waals surface area contributed by atoms with Gasteiger partial charge in [-0.1, -0.05) is 42.0 Å². The number of benzene rings is 1. The van der Waals surface area contributed by atoms with Crippen molar-refractivity contribution in [3.05, 3.63) is 51.6 Å². The second-order valence-corrected chi connectivity index (χ2v) is 12.8. The first-order valence-electron chi connectivity index (χ1n) is 13.5. The van der Waals surface area contributed by atoms with Crippen molar-refractivity contribution in [2.75, 3.05) is 32.8 Å². The minimum Gasteiger partial charge on any atom is -0.456 e. The molecule has 2 bridgehead atoms. The van der Waals surface area contributed by atoms with Gasteiger partial charge < -0.3 is 9.15 Å². The summed E-state index contributed by atoms with van der Waals surface area (Å²) in [4.78, 5) is 18.6. The quantitative estimate of drug-likeness (QED) is 0.206. The molecule has 0 N–H and O–H groups in total. The fraction of sp³-hybridized carbons (Fsp3) is 0.517. The van der Waals surface area contributed by atoms with Gasteiger partial charge in [-0.3, -0.25) is 14.6 Å². The van der Waals surface area contributed by atoms with Crippen LogP contribution in [0.3, 0.4) is 0 Å². The van der Waals surface area contributed by atoms with Crippen molar-refractivity contribution in [3.63, 3.8) is 0 Å². The summed E-state index contributed by atoms with van der Waals surface area (Å²) < 4.78 is 12.5. The van der Waals surface area contributed by atoms with Crippen molar-refractivity contribution in [2.24, 2.45) is 11.8 Å². The van der Waals surface area contributed by atoms with E-state index in [9.17, 15) is 4.79 Å². The first kappa shape index (κ1) is 25.6. The molecule has 1 amide bonds. The number of ether oxygens (including phenoxy) is 1. The van der Waals surface area contributed by atoms with Crippen LogP contribution in [0.25, 0.3) is 17.4 Å². The Labute approximate surface area is 233 Å². The van der Waals surface area contributed by atoms with Crippen molar-refractivity contribution >= 4 is 51.9 Å². The van der Waals surface area contributed by atoms with Crippen LogP contribution in [0.5, 0.6) is 0 Å². The molecule has 4 fully saturated rings. The molecule has 2 aliphatic heterocycles. The number of furan rings is 1. The smallest absolute Gasteiger partial charge is 0.266 e. The predicted octanol–water partition coefficient (Wildman–Crippen LogP) is 6.64. The molecule has 1 aromatic heterocycles. The topological polar surface area (TPSA) is 45.9 Å². The first-order valence-corrected chi connectivity index (χ1v) is 15.1. The van der Waals surface area contributed by atoms with Crippen molar-refractivity contribution < 1.29 is 13.9 Å². The number of rotatable bonds is 8. The zero-order chi connectivity index (χ0) is 25.4. The van der Waals surface area contributed by atoms with E-state index in [4.69, 9.17) is 33.0 Å². The SMILES string of the molecule is O=C1C(=Cc2oc(-c3ccc(Cl)cc3)cc2CCCCN2CCOCC2)SC(=S)N1C1CC2CCC1C2. The summed E-state index contributed by atoms with van der Waals surface area (Å²) >= 11 is 13.2. The summed E-state index contributed by atoms with van der Waals surface area (Å²) in [7, 11) is 0. The minimum atomic E-state index is 0.0512. The number of thioether (sulfide) groups is 1. The molecule has 5 nitrogen and oxygen atoms in total. The molecular weight excluding hydrogens is 524 g/mol. The van der Waals surface area contributed by atoms with Gasteiger partial charge in [0.1, 0.15) is 15.8 Å². The summed E-state index contributed by atoms with van der Waals surface area (Å²) in [6.07, 6.45) is 9.89. The Bertz CT molecular complexity index is 1190. The molecule has 8 heteroatoms. The fourth-order valence-electron chi connectivity index (χ4n) is 6.40. The lowest BCUT2D eigenvalue weighted by Crippen LogP contribution is -2.41. The van der Waals surface area contributed by atoms with Crippen LogP contribution in [0.4, 0.5) is 0 Å². The Kier molecular flexibility index (Phi) is 7.78. The van der Waals surface area contributed by atoms with Crippen LogP contribution in [0.1, 0.15) is 49.8 Å². The number of morpholine rings is 1. The van der Waals surface area contributed by atoms with Crippen molar-refractivity contribution in [1.29, 1.82) is 0 Å². The van der Waals surface area contributed by atoms with Crippen LogP contribution in [0.15, 0.2) is 39.7 Å². The van der Waals surface area contributed by atoms with Gasteiger partial charge in [-0.15, -0.1) is 0 Å². The number of aryl methyl sites for hydroxylation is 1. The van der Waals surface area contributed by atoms with Crippen LogP contribution >= 0.6 is 35.6 Å². The average Bonchev–Trinajstić information content (AvgIpc) is 3.68. The van der Waals surface area contributed by atoms with E-state index in [-0.39, 0.29) is 11.9 Å². The molecule has 0 radical (unpaired) electrons. The molecule has 3 atom stereocenters. The molecule has 196 valence electrons. The molecule has 6 rings (SSSR count). The lowest BCUT2D eigenvalue weighted by atomic mass is 9.94. The van der Waals surface area contributed by atoms with E-state index in [1.54, 1.807) is 0 Å². The highest BCUT2D eigenvalue weighted by Crippen LogP contribution is 2.49. The Morgan fingerprint density at radius 2 is 1.92 bits per heavy atom. The minimum absolute atomic E-state index is 0.0512. The van der Waals surface area contributed by atoms with Gasteiger partial charge in [-0.25, -0.2) is 0 Å². The lowest BCUT2D eigenvalue weighted by Gasteiger charge is -2.30. The van der Waals surface area contributed by atoms with Crippen LogP contribution in [-0.2, 0) is 16.0 Å². The molecule has 2 saturated heterocycles. The van der Waals surface area contributed by atoms with E-state index >= 15 is 0 Å². The van der Waals surface area contributed by atoms with E-state index in [0.717, 1.165) is 87.1 Å². The van der Waals surface area contributed by atoms with Crippen LogP contribution in [0.2, 0.25) is 5.02 Å². The molecule has 1 aromatic carbocycles. The number of amides is 1. The summed E-state index contributed by atoms with van der Waals surface area (Å²) in [5.74, 6) is 2.99. The molecular formula is C29H33ClN2O3S2. The summed E-state index contributed by atoms with van der Waals surface area (Å²) in [5, 5.41) is 0.697. The maximum atomic E-state index is 13.5. The number of carbonyl (C=O) groups is 1. The third-order valence-electron chi connectivity index (χ3n) is 8.36. The third-order valence-corrected chi connectivity index (χ3v) is 9.95. The summed E-state index contributed by atoms with van der Waals surface area (Å²) in [6.45, 7) is 4.78. The van der Waals surface area contributed by atoms with E-state index in [1.165, 1.54) is 31.0 Å². The van der Waals surface area contributed by atoms with Gasteiger partial charge in [0.15, 0.2) is 0 Å². The Balaban J connectivity index is 1.20. The molecule has 0 spiro atoms. The Morgan fingerprint density at radius 3 is 2.65 bits per heavy atom. The van der Waals surface area contributed by atoms with E-state index in [0.29, 0.717) is 20.2 Å². The Morgan fingerprint density at radius 1 is 1.11 bits per heavy atom. The van der Waals surface area contributed by atoms with Crippen molar-refractivity contribution in [3.8, 4) is 11.3 Å². The average molecular weight is 557 g/mol. The third kappa shape index (κ3) is 5.57. The van der Waals surface area contributed by atoms with Crippen LogP contribution in [-0.4, -0.2) is 58.9 Å². The van der Waals surface area contributed by atoms with Gasteiger partial charge in [-0.2, -0.15) is 0 Å². The van der Waals surface area contributed by atoms with Gasteiger partial charge in [0.25, 0.3) is 5.91 Å². The maximum absolute atomic E-state index is 13.5. The van der Waals surface area contributed by atoms with Crippen molar-refractivity contribution in [1.82, 2.24) is 9.80 Å². The molecule has 3 unspecified atom stereocenters. The normalized spacial score (nSPS) is 27.2. The van der Waals surface area contributed by atoms with E-state index in [1.807, 2.05) is 35.2 Å². The maximum Gasteiger partial charge on any atom is 0.266 e. The highest BCUT2D eigenvalue weighted by molar-refractivity contribution is 8.26. The van der Waals surface area contributed by atoms with Gasteiger partial charge in [0.05, 0.1) is 18.1 Å². The van der Waals surface area contributed by atoms with Gasteiger partial charge in [0, 0.05) is 35.8 Å². The largest absolute Gasteiger partial charge is 0.456 e. The van der Waals surface area contributed by atoms with Gasteiger partial charge in [-0.05, 0) is 92.8 Å². The number of nitrogens with zero attached hydrogens (tertiary/aromatic N) is 2. The molecule has 37 heavy (non-hydrogen) atoms. The van der Waals surface area contributed by atoms with Crippen molar-refractivity contribution in [2.45, 2.75) is 51.0 Å². The molecule has 4 aliphatic rings. The fourth-order valence-corrected chi connectivity index (χ4v) is 7.87. The lowest BCUT2D eigenvalue weighted by molar-refractivity contribution is -0.124. The number of halogens is 1. The van der Waals surface area contributed by atoms with Crippen LogP contribution in [0, 0.1) is 11.8 Å². The van der Waals surface area contributed by atoms with E-state index < -0.39 is 0 Å². The number of hydrogen-bond acceptors (Lipinski definition) is 6. The monoisotopic (exact) mass is 556 g/mol. The predicted molar refractivity (Wildman–Crippen MR) is 154 cm³/mol. The zero-order valence-electron chi connectivity index (χ0n) is 21.0. The van der Waals surface area contributed by atoms with E-state index in [2.05, 4.69) is 11.0 Å². The highest BCUT2D eigenvalue weighted by Gasteiger charge is 2.48. The highest BCUT2D eigenvalue weighted by atomic mass is 35.5. The molecule has 2 aromatic rings. The zero-order valence-corrected chi connectivity index (χ0v) is 23.4. The number of fused-ring (bicyclic) bond motifs is 2. The molecule has 3 heterocycles. The molecule has 2 saturated carbocycles. The second-order valence-electron chi connectivity index (χ2n) is 10.7. The van der Waals surface area contributed by atoms with Crippen LogP contribution < -0.4 is 0 Å². The summed E-state index contributed by atoms with van der Waals surface area (Å²) in [6, 6.07) is 10.1. The second kappa shape index (κ2) is 11.2. The van der Waals surface area contributed by atoms with Gasteiger partial charge >= 0.3 is 0 Å². The number of carbonyl (C=O) groups excluding carboxylic acids is 1. The standard InChI is InChI=1S/C29H33ClN2O3S2/c30-23-8-6-20(7-9-23)25-17-22(3-1-2-10-31-11-13-34-14-12-31)26(35-25)18-27-28(33)32(29(36)37-27)24-16-19-4-5-21(24)15-19/h6-9,17-19,21,24H,1-5,10-16H2. The first-order chi connectivity index (χ1) is 18.0. The van der Waals surface area contributed by atoms with Gasteiger partial charge in [0.2, 0.25) is 0 Å². The Hall–Kier alpha value is -1.64. The number of thiocarbonyl (C=S) groups is 1. The molecule has 2 aliphatic carbocycles.